The van der Waals surface area contributed by atoms with E-state index in [-0.39, 0.29) is 17.6 Å². The van der Waals surface area contributed by atoms with Crippen molar-refractivity contribution < 1.29 is 9.90 Å². The summed E-state index contributed by atoms with van der Waals surface area (Å²) in [6, 6.07) is 5.40. The first-order valence-electron chi connectivity index (χ1n) is 6.22. The normalized spacial score (nSPS) is 12.6. The molecule has 0 aliphatic heterocycles. The average molecular weight is 282 g/mol. The Kier molecular flexibility index (Phi) is 4.39. The first-order chi connectivity index (χ1) is 9.13. The molecule has 0 aromatic carbocycles. The van der Waals surface area contributed by atoms with Gasteiger partial charge in [0.05, 0.1) is 6.10 Å². The van der Waals surface area contributed by atoms with Gasteiger partial charge in [0.2, 0.25) is 0 Å². The predicted octanol–water partition coefficient (Wildman–Crippen LogP) is 1.88. The number of amides is 1. The average Bonchev–Trinajstić information content (AvgIpc) is 2.72. The molecule has 19 heavy (non-hydrogen) atoms. The van der Waals surface area contributed by atoms with Crippen molar-refractivity contribution in [2.45, 2.75) is 25.9 Å². The van der Waals surface area contributed by atoms with E-state index < -0.39 is 6.10 Å². The van der Waals surface area contributed by atoms with Crippen molar-refractivity contribution in [2.24, 2.45) is 0 Å². The van der Waals surface area contributed by atoms with Crippen LogP contribution in [-0.2, 0) is 0 Å². The topological polar surface area (TPSA) is 66.6 Å². The minimum Gasteiger partial charge on any atom is -0.391 e. The van der Waals surface area contributed by atoms with Crippen LogP contribution in [0.3, 0.4) is 0 Å². The monoisotopic (exact) mass is 281 g/mol. The lowest BCUT2D eigenvalue weighted by atomic mass is 10.2. The van der Waals surface area contributed by atoms with Crippen molar-refractivity contribution in [3.05, 3.63) is 35.2 Å². The number of aliphatic hydroxyl groups is 1. The second-order valence-corrected chi connectivity index (χ2v) is 4.69. The summed E-state index contributed by atoms with van der Waals surface area (Å²) >= 11 is 5.98. The molecule has 0 bridgehead atoms. The Bertz CT molecular complexity index is 582. The lowest BCUT2D eigenvalue weighted by Gasteiger charge is -2.10. The van der Waals surface area contributed by atoms with E-state index in [2.05, 4.69) is 10.3 Å². The van der Waals surface area contributed by atoms with E-state index in [1.54, 1.807) is 22.7 Å². The summed E-state index contributed by atoms with van der Waals surface area (Å²) in [5.74, 6) is -0.334. The summed E-state index contributed by atoms with van der Waals surface area (Å²) in [7, 11) is 0. The Labute approximate surface area is 116 Å². The number of hydrogen-bond donors (Lipinski definition) is 2. The summed E-state index contributed by atoms with van der Waals surface area (Å²) in [5.41, 5.74) is 0.910. The first kappa shape index (κ1) is 13.8. The van der Waals surface area contributed by atoms with Crippen molar-refractivity contribution >= 4 is 23.2 Å². The molecule has 2 heterocycles. The molecule has 1 amide bonds. The van der Waals surface area contributed by atoms with Crippen LogP contribution in [0, 0.1) is 0 Å². The van der Waals surface area contributed by atoms with E-state index in [4.69, 9.17) is 11.6 Å². The fourth-order valence-corrected chi connectivity index (χ4v) is 2.16. The van der Waals surface area contributed by atoms with Crippen molar-refractivity contribution in [1.82, 2.24) is 14.7 Å². The van der Waals surface area contributed by atoms with Crippen LogP contribution >= 0.6 is 11.6 Å². The van der Waals surface area contributed by atoms with Gasteiger partial charge in [-0.3, -0.25) is 9.20 Å². The van der Waals surface area contributed by atoms with Crippen molar-refractivity contribution in [1.29, 1.82) is 0 Å². The van der Waals surface area contributed by atoms with E-state index in [1.165, 1.54) is 0 Å². The van der Waals surface area contributed by atoms with Crippen LogP contribution in [0.2, 0.25) is 5.15 Å². The second kappa shape index (κ2) is 6.04. The van der Waals surface area contributed by atoms with Crippen LogP contribution in [0.15, 0.2) is 24.4 Å². The van der Waals surface area contributed by atoms with Gasteiger partial charge in [-0.1, -0.05) is 31.0 Å². The summed E-state index contributed by atoms with van der Waals surface area (Å²) in [4.78, 5) is 16.2. The number of nitrogens with one attached hydrogen (secondary N) is 1. The fourth-order valence-electron chi connectivity index (χ4n) is 1.90. The van der Waals surface area contributed by atoms with Gasteiger partial charge in [-0.05, 0) is 18.6 Å². The third kappa shape index (κ3) is 3.05. The molecule has 0 aliphatic rings. The number of carbonyl (C=O) groups is 1. The molecule has 2 rings (SSSR count). The maximum absolute atomic E-state index is 12.1. The highest BCUT2D eigenvalue weighted by atomic mass is 35.5. The predicted molar refractivity (Wildman–Crippen MR) is 73.5 cm³/mol. The summed E-state index contributed by atoms with van der Waals surface area (Å²) in [6.07, 6.45) is 2.71. The zero-order valence-electron chi connectivity index (χ0n) is 10.6. The molecule has 0 saturated heterocycles. The van der Waals surface area contributed by atoms with Gasteiger partial charge < -0.3 is 10.4 Å². The standard InChI is InChI=1S/C13H16ClN3O2/c1-2-5-9(18)8-15-13(19)11-12(14)16-10-6-3-4-7-17(10)11/h3-4,6-7,9,18H,2,5,8H2,1H3,(H,15,19). The van der Waals surface area contributed by atoms with E-state index in [1.807, 2.05) is 13.0 Å². The Hall–Kier alpha value is -1.59. The van der Waals surface area contributed by atoms with Gasteiger partial charge >= 0.3 is 0 Å². The molecule has 5 nitrogen and oxygen atoms in total. The highest BCUT2D eigenvalue weighted by Crippen LogP contribution is 2.17. The minimum absolute atomic E-state index is 0.161. The molecule has 6 heteroatoms. The number of pyridine rings is 1. The summed E-state index contributed by atoms with van der Waals surface area (Å²) < 4.78 is 1.63. The van der Waals surface area contributed by atoms with Crippen LogP contribution in [0.5, 0.6) is 0 Å². The number of nitrogens with zero attached hydrogens (tertiary/aromatic N) is 2. The Morgan fingerprint density at radius 1 is 1.58 bits per heavy atom. The van der Waals surface area contributed by atoms with Crippen LogP contribution in [0.4, 0.5) is 0 Å². The van der Waals surface area contributed by atoms with Gasteiger partial charge in [-0.2, -0.15) is 0 Å². The van der Waals surface area contributed by atoms with E-state index in [9.17, 15) is 9.90 Å². The third-order valence-corrected chi connectivity index (χ3v) is 3.09. The molecule has 102 valence electrons. The molecular weight excluding hydrogens is 266 g/mol. The summed E-state index contributed by atoms with van der Waals surface area (Å²) in [5, 5.41) is 12.4. The Morgan fingerprint density at radius 3 is 3.11 bits per heavy atom. The van der Waals surface area contributed by atoms with E-state index >= 15 is 0 Å². The number of imidazole rings is 1. The minimum atomic E-state index is -0.535. The molecule has 0 spiro atoms. The highest BCUT2D eigenvalue weighted by Gasteiger charge is 2.18. The number of aromatic nitrogens is 2. The molecule has 0 fully saturated rings. The molecule has 2 N–H and O–H groups in total. The molecule has 2 aromatic heterocycles. The molecule has 0 aliphatic carbocycles. The van der Waals surface area contributed by atoms with E-state index in [0.29, 0.717) is 17.8 Å². The van der Waals surface area contributed by atoms with Gasteiger partial charge in [0, 0.05) is 12.7 Å². The lowest BCUT2D eigenvalue weighted by molar-refractivity contribution is 0.0904. The van der Waals surface area contributed by atoms with Gasteiger partial charge in [0.1, 0.15) is 5.65 Å². The van der Waals surface area contributed by atoms with Crippen molar-refractivity contribution in [3.8, 4) is 0 Å². The SMILES string of the molecule is CCCC(O)CNC(=O)c1c(Cl)nc2ccccn12. The Balaban J connectivity index is 2.15. The summed E-state index contributed by atoms with van der Waals surface area (Å²) in [6.45, 7) is 2.19. The van der Waals surface area contributed by atoms with Crippen molar-refractivity contribution in [2.75, 3.05) is 6.54 Å². The zero-order valence-corrected chi connectivity index (χ0v) is 11.4. The number of hydrogen-bond acceptors (Lipinski definition) is 3. The lowest BCUT2D eigenvalue weighted by Crippen LogP contribution is -2.32. The van der Waals surface area contributed by atoms with Crippen LogP contribution in [0.25, 0.3) is 5.65 Å². The number of halogens is 1. The van der Waals surface area contributed by atoms with Crippen LogP contribution in [-0.4, -0.2) is 33.0 Å². The van der Waals surface area contributed by atoms with Crippen molar-refractivity contribution in [3.63, 3.8) is 0 Å². The maximum atomic E-state index is 12.1. The smallest absolute Gasteiger partial charge is 0.271 e. The van der Waals surface area contributed by atoms with Crippen LogP contribution in [0.1, 0.15) is 30.3 Å². The first-order valence-corrected chi connectivity index (χ1v) is 6.60. The molecule has 1 atom stereocenters. The molecule has 2 aromatic rings. The molecule has 0 saturated carbocycles. The van der Waals surface area contributed by atoms with Gasteiger partial charge in [0.25, 0.3) is 5.91 Å². The molecular formula is C13H16ClN3O2. The van der Waals surface area contributed by atoms with Crippen LogP contribution < -0.4 is 5.32 Å². The number of rotatable bonds is 5. The quantitative estimate of drug-likeness (QED) is 0.879. The highest BCUT2D eigenvalue weighted by molar-refractivity contribution is 6.32. The second-order valence-electron chi connectivity index (χ2n) is 4.33. The van der Waals surface area contributed by atoms with E-state index in [0.717, 1.165) is 6.42 Å². The molecule has 0 radical (unpaired) electrons. The largest absolute Gasteiger partial charge is 0.391 e. The van der Waals surface area contributed by atoms with Gasteiger partial charge in [-0.15, -0.1) is 0 Å². The fraction of sp³-hybridized carbons (Fsp3) is 0.385. The number of fused-ring (bicyclic) bond motifs is 1. The number of carbonyl (C=O) groups excluding carboxylic acids is 1. The van der Waals surface area contributed by atoms with Gasteiger partial charge in [-0.25, -0.2) is 4.98 Å². The number of aliphatic hydroxyl groups excluding tert-OH is 1. The zero-order chi connectivity index (χ0) is 13.8. The molecule has 1 unspecified atom stereocenters. The van der Waals surface area contributed by atoms with Gasteiger partial charge in [0.15, 0.2) is 10.8 Å². The third-order valence-electron chi connectivity index (χ3n) is 2.82. The Morgan fingerprint density at radius 2 is 2.37 bits per heavy atom. The maximum Gasteiger partial charge on any atom is 0.271 e.